The van der Waals surface area contributed by atoms with Gasteiger partial charge in [-0.15, -0.1) is 0 Å². The number of fused-ring (bicyclic) bond motifs is 1. The van der Waals surface area contributed by atoms with Crippen LogP contribution in [0.3, 0.4) is 0 Å². The van der Waals surface area contributed by atoms with Crippen molar-refractivity contribution in [3.8, 4) is 0 Å². The van der Waals surface area contributed by atoms with E-state index in [4.69, 9.17) is 0 Å². The van der Waals surface area contributed by atoms with E-state index in [1.165, 1.54) is 22.1 Å². The summed E-state index contributed by atoms with van der Waals surface area (Å²) in [6, 6.07) is 35.8. The van der Waals surface area contributed by atoms with Gasteiger partial charge in [0.05, 0.1) is 0 Å². The predicted molar refractivity (Wildman–Crippen MR) is 142 cm³/mol. The van der Waals surface area contributed by atoms with Gasteiger partial charge in [-0.2, -0.15) is 0 Å². The molecule has 2 heteroatoms. The Kier molecular flexibility index (Phi) is 6.97. The Morgan fingerprint density at radius 3 is 1.88 bits per heavy atom. The normalized spacial score (nSPS) is 14.3. The highest BCUT2D eigenvalue weighted by atomic mass is 16.1. The van der Waals surface area contributed by atoms with Gasteiger partial charge in [-0.1, -0.05) is 103 Å². The van der Waals surface area contributed by atoms with E-state index < -0.39 is 0 Å². The SMILES string of the molecule is O=C(CCCN1CCC(=C(c2ccccc2)c2ccccc2)CC1)c1ccc2ccccc2c1. The zero-order chi connectivity index (χ0) is 23.2. The minimum Gasteiger partial charge on any atom is -0.303 e. The Balaban J connectivity index is 1.20. The van der Waals surface area contributed by atoms with Gasteiger partial charge in [-0.05, 0) is 59.3 Å². The summed E-state index contributed by atoms with van der Waals surface area (Å²) in [6.07, 6.45) is 3.68. The maximum atomic E-state index is 12.8. The lowest BCUT2D eigenvalue weighted by atomic mass is 9.88. The number of likely N-dealkylation sites (tertiary alicyclic amines) is 1. The predicted octanol–water partition coefficient (Wildman–Crippen LogP) is 7.40. The Labute approximate surface area is 202 Å². The van der Waals surface area contributed by atoms with Crippen molar-refractivity contribution in [3.05, 3.63) is 125 Å². The first-order valence-electron chi connectivity index (χ1n) is 12.4. The maximum absolute atomic E-state index is 12.8. The Bertz CT molecular complexity index is 1240. The smallest absolute Gasteiger partial charge is 0.162 e. The zero-order valence-electron chi connectivity index (χ0n) is 19.6. The third-order valence-corrected chi connectivity index (χ3v) is 6.89. The summed E-state index contributed by atoms with van der Waals surface area (Å²) in [7, 11) is 0. The van der Waals surface area contributed by atoms with E-state index in [0.717, 1.165) is 49.8 Å². The molecule has 34 heavy (non-hydrogen) atoms. The highest BCUT2D eigenvalue weighted by Gasteiger charge is 2.19. The van der Waals surface area contributed by atoms with E-state index in [1.54, 1.807) is 5.57 Å². The lowest BCUT2D eigenvalue weighted by Gasteiger charge is -2.30. The first-order chi connectivity index (χ1) is 16.8. The number of hydrogen-bond acceptors (Lipinski definition) is 2. The first kappa shape index (κ1) is 22.3. The van der Waals surface area contributed by atoms with Crippen LogP contribution in [0.1, 0.15) is 47.2 Å². The van der Waals surface area contributed by atoms with Crippen LogP contribution in [-0.4, -0.2) is 30.3 Å². The monoisotopic (exact) mass is 445 g/mol. The average Bonchev–Trinajstić information content (AvgIpc) is 2.90. The summed E-state index contributed by atoms with van der Waals surface area (Å²) >= 11 is 0. The fourth-order valence-electron chi connectivity index (χ4n) is 5.05. The standard InChI is InChI=1S/C32H31NO/c34-31(30-18-17-25-10-7-8-15-29(25)24-30)16-9-21-33-22-19-28(20-23-33)32(26-11-3-1-4-12-26)27-13-5-2-6-14-27/h1-8,10-15,17-18,24H,9,16,19-23H2. The largest absolute Gasteiger partial charge is 0.303 e. The van der Waals surface area contributed by atoms with Gasteiger partial charge in [-0.25, -0.2) is 0 Å². The molecular formula is C32H31NO. The number of piperidine rings is 1. The molecule has 0 spiro atoms. The average molecular weight is 446 g/mol. The van der Waals surface area contributed by atoms with Crippen molar-refractivity contribution in [2.45, 2.75) is 25.7 Å². The number of ketones is 1. The van der Waals surface area contributed by atoms with E-state index in [1.807, 2.05) is 24.3 Å². The number of carbonyl (C=O) groups is 1. The molecule has 1 heterocycles. The molecule has 0 unspecified atom stereocenters. The lowest BCUT2D eigenvalue weighted by Crippen LogP contribution is -2.32. The summed E-state index contributed by atoms with van der Waals surface area (Å²) in [4.78, 5) is 15.3. The molecule has 5 rings (SSSR count). The van der Waals surface area contributed by atoms with Gasteiger partial charge in [-0.3, -0.25) is 4.79 Å². The van der Waals surface area contributed by atoms with Crippen LogP contribution in [0.2, 0.25) is 0 Å². The van der Waals surface area contributed by atoms with Crippen molar-refractivity contribution < 1.29 is 4.79 Å². The number of rotatable bonds is 7. The number of nitrogens with zero attached hydrogens (tertiary/aromatic N) is 1. The highest BCUT2D eigenvalue weighted by molar-refractivity contribution is 5.99. The molecule has 0 amide bonds. The molecule has 1 fully saturated rings. The van der Waals surface area contributed by atoms with Crippen LogP contribution in [0.15, 0.2) is 109 Å². The van der Waals surface area contributed by atoms with Crippen molar-refractivity contribution >= 4 is 22.1 Å². The lowest BCUT2D eigenvalue weighted by molar-refractivity contribution is 0.0974. The molecular weight excluding hydrogens is 414 g/mol. The molecule has 0 bridgehead atoms. The van der Waals surface area contributed by atoms with Gasteiger partial charge in [0.15, 0.2) is 5.78 Å². The number of benzene rings is 4. The quantitative estimate of drug-likeness (QED) is 0.276. The number of hydrogen-bond donors (Lipinski definition) is 0. The molecule has 4 aromatic carbocycles. The van der Waals surface area contributed by atoms with Crippen LogP contribution in [-0.2, 0) is 0 Å². The second-order valence-electron chi connectivity index (χ2n) is 9.14. The van der Waals surface area contributed by atoms with Gasteiger partial charge >= 0.3 is 0 Å². The second kappa shape index (κ2) is 10.6. The third kappa shape index (κ3) is 5.18. The van der Waals surface area contributed by atoms with E-state index >= 15 is 0 Å². The van der Waals surface area contributed by atoms with Crippen molar-refractivity contribution in [2.75, 3.05) is 19.6 Å². The van der Waals surface area contributed by atoms with Gasteiger partial charge in [0, 0.05) is 25.1 Å². The summed E-state index contributed by atoms with van der Waals surface area (Å²) in [6.45, 7) is 3.10. The molecule has 0 atom stereocenters. The van der Waals surface area contributed by atoms with Gasteiger partial charge < -0.3 is 4.90 Å². The fraction of sp³-hybridized carbons (Fsp3) is 0.219. The molecule has 170 valence electrons. The summed E-state index contributed by atoms with van der Waals surface area (Å²) in [5.74, 6) is 0.249. The van der Waals surface area contributed by atoms with E-state index in [9.17, 15) is 4.79 Å². The molecule has 4 aromatic rings. The summed E-state index contributed by atoms with van der Waals surface area (Å²) < 4.78 is 0. The highest BCUT2D eigenvalue weighted by Crippen LogP contribution is 2.32. The minimum absolute atomic E-state index is 0.249. The Morgan fingerprint density at radius 2 is 1.24 bits per heavy atom. The Morgan fingerprint density at radius 1 is 0.647 bits per heavy atom. The van der Waals surface area contributed by atoms with Crippen molar-refractivity contribution in [2.24, 2.45) is 0 Å². The van der Waals surface area contributed by atoms with Crippen LogP contribution < -0.4 is 0 Å². The molecule has 1 aliphatic heterocycles. The maximum Gasteiger partial charge on any atom is 0.162 e. The van der Waals surface area contributed by atoms with Crippen molar-refractivity contribution in [3.63, 3.8) is 0 Å². The fourth-order valence-corrected chi connectivity index (χ4v) is 5.05. The van der Waals surface area contributed by atoms with Gasteiger partial charge in [0.25, 0.3) is 0 Å². The molecule has 0 radical (unpaired) electrons. The van der Waals surface area contributed by atoms with E-state index in [0.29, 0.717) is 6.42 Å². The molecule has 0 saturated carbocycles. The van der Waals surface area contributed by atoms with Gasteiger partial charge in [0.1, 0.15) is 0 Å². The van der Waals surface area contributed by atoms with Crippen LogP contribution in [0.25, 0.3) is 16.3 Å². The molecule has 0 N–H and O–H groups in total. The van der Waals surface area contributed by atoms with Crippen LogP contribution in [0.4, 0.5) is 0 Å². The molecule has 1 aliphatic rings. The molecule has 0 aliphatic carbocycles. The number of Topliss-reactive ketones (excluding diaryl/α,β-unsaturated/α-hetero) is 1. The Hall–Kier alpha value is -3.49. The van der Waals surface area contributed by atoms with Crippen LogP contribution in [0.5, 0.6) is 0 Å². The summed E-state index contributed by atoms with van der Waals surface area (Å²) in [5.41, 5.74) is 6.38. The number of carbonyl (C=O) groups excluding carboxylic acids is 1. The van der Waals surface area contributed by atoms with Crippen molar-refractivity contribution in [1.29, 1.82) is 0 Å². The topological polar surface area (TPSA) is 20.3 Å². The molecule has 2 nitrogen and oxygen atoms in total. The third-order valence-electron chi connectivity index (χ3n) is 6.89. The molecule has 1 saturated heterocycles. The van der Waals surface area contributed by atoms with E-state index in [-0.39, 0.29) is 5.78 Å². The van der Waals surface area contributed by atoms with Crippen molar-refractivity contribution in [1.82, 2.24) is 4.90 Å². The van der Waals surface area contributed by atoms with Gasteiger partial charge in [0.2, 0.25) is 0 Å². The van der Waals surface area contributed by atoms with Crippen LogP contribution >= 0.6 is 0 Å². The zero-order valence-corrected chi connectivity index (χ0v) is 19.6. The van der Waals surface area contributed by atoms with Crippen LogP contribution in [0, 0.1) is 0 Å². The first-order valence-corrected chi connectivity index (χ1v) is 12.4. The molecule has 0 aromatic heterocycles. The summed E-state index contributed by atoms with van der Waals surface area (Å²) in [5, 5.41) is 2.32. The second-order valence-corrected chi connectivity index (χ2v) is 9.14. The van der Waals surface area contributed by atoms with E-state index in [2.05, 4.69) is 83.8 Å². The minimum atomic E-state index is 0.249.